The Bertz CT molecular complexity index is 187. The number of hydrogen-bond donors (Lipinski definition) is 1. The molecule has 0 radical (unpaired) electrons. The maximum atomic E-state index is 8.95. The highest BCUT2D eigenvalue weighted by Crippen LogP contribution is 2.15. The van der Waals surface area contributed by atoms with Crippen molar-refractivity contribution in [2.24, 2.45) is 5.92 Å². The highest BCUT2D eigenvalue weighted by Gasteiger charge is 2.02. The average Bonchev–Trinajstić information content (AvgIpc) is 1.95. The van der Waals surface area contributed by atoms with Crippen LogP contribution in [0, 0.1) is 5.92 Å². The van der Waals surface area contributed by atoms with Gasteiger partial charge in [-0.2, -0.15) is 0 Å². The summed E-state index contributed by atoms with van der Waals surface area (Å²) in [5, 5.41) is 8.95. The van der Waals surface area contributed by atoms with E-state index in [-0.39, 0.29) is 0 Å². The Morgan fingerprint density at radius 3 is 3.00 bits per heavy atom. The van der Waals surface area contributed by atoms with Gasteiger partial charge in [0.05, 0.1) is 0 Å². The zero-order valence-corrected chi connectivity index (χ0v) is 6.12. The van der Waals surface area contributed by atoms with Crippen LogP contribution in [0.15, 0.2) is 36.1 Å². The quantitative estimate of drug-likeness (QED) is 0.549. The van der Waals surface area contributed by atoms with Crippen molar-refractivity contribution in [3.05, 3.63) is 36.1 Å². The Morgan fingerprint density at radius 2 is 2.50 bits per heavy atom. The lowest BCUT2D eigenvalue weighted by atomic mass is 10.00. The molecule has 0 bridgehead atoms. The number of allylic oxidation sites excluding steroid dienone is 5. The molecule has 0 saturated carbocycles. The summed E-state index contributed by atoms with van der Waals surface area (Å²) in [6.45, 7) is 2.01. The van der Waals surface area contributed by atoms with Crippen molar-refractivity contribution in [1.82, 2.24) is 0 Å². The second-order valence-corrected chi connectivity index (χ2v) is 2.41. The SMILES string of the molecule is CC=CC1C=CC(O)=CC1. The van der Waals surface area contributed by atoms with Crippen molar-refractivity contribution >= 4 is 0 Å². The minimum atomic E-state index is 0.390. The van der Waals surface area contributed by atoms with Gasteiger partial charge in [-0.05, 0) is 31.4 Å². The lowest BCUT2D eigenvalue weighted by Crippen LogP contribution is -1.94. The summed E-state index contributed by atoms with van der Waals surface area (Å²) in [6, 6.07) is 0. The van der Waals surface area contributed by atoms with Crippen molar-refractivity contribution in [1.29, 1.82) is 0 Å². The van der Waals surface area contributed by atoms with E-state index in [0.29, 0.717) is 11.7 Å². The van der Waals surface area contributed by atoms with Crippen LogP contribution < -0.4 is 0 Å². The van der Waals surface area contributed by atoms with Crippen molar-refractivity contribution in [2.45, 2.75) is 13.3 Å². The molecule has 0 saturated heterocycles. The fourth-order valence-electron chi connectivity index (χ4n) is 1.02. The van der Waals surface area contributed by atoms with Crippen LogP contribution in [0.25, 0.3) is 0 Å². The van der Waals surface area contributed by atoms with Gasteiger partial charge >= 0.3 is 0 Å². The first-order valence-corrected chi connectivity index (χ1v) is 3.53. The van der Waals surface area contributed by atoms with Crippen molar-refractivity contribution in [2.75, 3.05) is 0 Å². The zero-order valence-electron chi connectivity index (χ0n) is 6.12. The maximum absolute atomic E-state index is 8.95. The van der Waals surface area contributed by atoms with E-state index in [4.69, 9.17) is 5.11 Å². The van der Waals surface area contributed by atoms with Crippen LogP contribution >= 0.6 is 0 Å². The fourth-order valence-corrected chi connectivity index (χ4v) is 1.02. The molecule has 0 spiro atoms. The summed E-state index contributed by atoms with van der Waals surface area (Å²) in [5.74, 6) is 0.877. The van der Waals surface area contributed by atoms with Gasteiger partial charge < -0.3 is 5.11 Å². The van der Waals surface area contributed by atoms with Crippen LogP contribution in [0.4, 0.5) is 0 Å². The molecule has 1 unspecified atom stereocenters. The van der Waals surface area contributed by atoms with E-state index in [2.05, 4.69) is 6.08 Å². The Balaban J connectivity index is 2.52. The highest BCUT2D eigenvalue weighted by molar-refractivity contribution is 5.19. The first kappa shape index (κ1) is 7.13. The van der Waals surface area contributed by atoms with Gasteiger partial charge in [0, 0.05) is 0 Å². The van der Waals surface area contributed by atoms with Crippen molar-refractivity contribution in [3.8, 4) is 0 Å². The summed E-state index contributed by atoms with van der Waals surface area (Å²) in [6.07, 6.45) is 10.7. The topological polar surface area (TPSA) is 20.2 Å². The summed E-state index contributed by atoms with van der Waals surface area (Å²) in [5.41, 5.74) is 0. The third-order valence-electron chi connectivity index (χ3n) is 1.55. The number of rotatable bonds is 1. The number of hydrogen-bond acceptors (Lipinski definition) is 1. The summed E-state index contributed by atoms with van der Waals surface area (Å²) >= 11 is 0. The van der Waals surface area contributed by atoms with Gasteiger partial charge in [0.15, 0.2) is 0 Å². The summed E-state index contributed by atoms with van der Waals surface area (Å²) < 4.78 is 0. The van der Waals surface area contributed by atoms with Crippen molar-refractivity contribution < 1.29 is 5.11 Å². The molecule has 0 aromatic rings. The largest absolute Gasteiger partial charge is 0.508 e. The summed E-state index contributed by atoms with van der Waals surface area (Å²) in [4.78, 5) is 0. The van der Waals surface area contributed by atoms with E-state index < -0.39 is 0 Å². The average molecular weight is 136 g/mol. The van der Waals surface area contributed by atoms with E-state index in [1.165, 1.54) is 0 Å². The van der Waals surface area contributed by atoms with E-state index >= 15 is 0 Å². The van der Waals surface area contributed by atoms with Crippen LogP contribution in [0.3, 0.4) is 0 Å². The molecule has 1 N–H and O–H groups in total. The van der Waals surface area contributed by atoms with Crippen LogP contribution in [-0.2, 0) is 0 Å². The fraction of sp³-hybridized carbons (Fsp3) is 0.333. The molecule has 10 heavy (non-hydrogen) atoms. The van der Waals surface area contributed by atoms with Gasteiger partial charge in [-0.1, -0.05) is 18.2 Å². The third kappa shape index (κ3) is 1.76. The molecule has 1 nitrogen and oxygen atoms in total. The zero-order chi connectivity index (χ0) is 7.40. The lowest BCUT2D eigenvalue weighted by Gasteiger charge is -2.07. The Labute approximate surface area is 61.4 Å². The van der Waals surface area contributed by atoms with E-state index in [0.717, 1.165) is 6.42 Å². The van der Waals surface area contributed by atoms with Crippen LogP contribution in [0.1, 0.15) is 13.3 Å². The van der Waals surface area contributed by atoms with Gasteiger partial charge in [0.1, 0.15) is 5.76 Å². The van der Waals surface area contributed by atoms with Gasteiger partial charge in [-0.25, -0.2) is 0 Å². The Hall–Kier alpha value is -0.980. The van der Waals surface area contributed by atoms with Crippen molar-refractivity contribution in [3.63, 3.8) is 0 Å². The molecule has 0 amide bonds. The van der Waals surface area contributed by atoms with Gasteiger partial charge in [-0.3, -0.25) is 0 Å². The third-order valence-corrected chi connectivity index (χ3v) is 1.55. The minimum Gasteiger partial charge on any atom is -0.508 e. The first-order valence-electron chi connectivity index (χ1n) is 3.53. The number of aliphatic hydroxyl groups is 1. The monoisotopic (exact) mass is 136 g/mol. The predicted molar refractivity (Wildman–Crippen MR) is 42.8 cm³/mol. The van der Waals surface area contributed by atoms with E-state index in [9.17, 15) is 0 Å². The van der Waals surface area contributed by atoms with Crippen LogP contribution in [0.5, 0.6) is 0 Å². The lowest BCUT2D eigenvalue weighted by molar-refractivity contribution is 0.424. The highest BCUT2D eigenvalue weighted by atomic mass is 16.3. The maximum Gasteiger partial charge on any atom is 0.111 e. The second-order valence-electron chi connectivity index (χ2n) is 2.41. The molecule has 0 heterocycles. The smallest absolute Gasteiger partial charge is 0.111 e. The molecule has 1 aliphatic rings. The van der Waals surface area contributed by atoms with Gasteiger partial charge in [0.2, 0.25) is 0 Å². The molecule has 0 aliphatic heterocycles. The Morgan fingerprint density at radius 1 is 1.70 bits per heavy atom. The molecule has 1 aliphatic carbocycles. The summed E-state index contributed by atoms with van der Waals surface area (Å²) in [7, 11) is 0. The number of aliphatic hydroxyl groups excluding tert-OH is 1. The predicted octanol–water partition coefficient (Wildman–Crippen LogP) is 2.58. The first-order chi connectivity index (χ1) is 4.83. The second kappa shape index (κ2) is 3.25. The molecular weight excluding hydrogens is 124 g/mol. The van der Waals surface area contributed by atoms with Crippen LogP contribution in [-0.4, -0.2) is 5.11 Å². The van der Waals surface area contributed by atoms with Crippen LogP contribution in [0.2, 0.25) is 0 Å². The normalized spacial score (nSPS) is 25.3. The minimum absolute atomic E-state index is 0.390. The van der Waals surface area contributed by atoms with E-state index in [1.807, 2.05) is 25.2 Å². The molecule has 1 atom stereocenters. The molecule has 0 aromatic heterocycles. The molecule has 0 aromatic carbocycles. The molecule has 0 fully saturated rings. The molecule has 1 rings (SSSR count). The standard InChI is InChI=1S/C9H12O/c1-2-3-8-4-6-9(10)7-5-8/h2-4,6-8,10H,5H2,1H3. The molecule has 1 heteroatoms. The van der Waals surface area contributed by atoms with Gasteiger partial charge in [-0.15, -0.1) is 0 Å². The Kier molecular flexibility index (Phi) is 2.32. The molecular formula is C9H12O. The van der Waals surface area contributed by atoms with Gasteiger partial charge in [0.25, 0.3) is 0 Å². The van der Waals surface area contributed by atoms with E-state index in [1.54, 1.807) is 6.08 Å². The molecule has 54 valence electrons.